The number of nitrogens with zero attached hydrogens (tertiary/aromatic N) is 1. The van der Waals surface area contributed by atoms with Gasteiger partial charge in [-0.25, -0.2) is 0 Å². The lowest BCUT2D eigenvalue weighted by Crippen LogP contribution is -2.55. The lowest BCUT2D eigenvalue weighted by atomic mass is 10.1. The van der Waals surface area contributed by atoms with E-state index in [0.29, 0.717) is 6.04 Å². The van der Waals surface area contributed by atoms with E-state index in [2.05, 4.69) is 35.5 Å². The highest BCUT2D eigenvalue weighted by Crippen LogP contribution is 2.35. The van der Waals surface area contributed by atoms with Crippen molar-refractivity contribution < 1.29 is 0 Å². The fourth-order valence-electron chi connectivity index (χ4n) is 2.11. The molecule has 1 aliphatic heterocycles. The molecule has 2 aromatic rings. The Bertz CT molecular complexity index is 537. The monoisotopic (exact) mass is 302 g/mol. The van der Waals surface area contributed by atoms with Crippen LogP contribution < -0.4 is 5.32 Å². The predicted molar refractivity (Wildman–Crippen MR) is 82.2 cm³/mol. The summed E-state index contributed by atoms with van der Waals surface area (Å²) in [5, 5.41) is 5.42. The zero-order valence-electron chi connectivity index (χ0n) is 10.1. The maximum absolute atomic E-state index is 6.44. The maximum Gasteiger partial charge on any atom is 0.0637 e. The maximum atomic E-state index is 6.44. The summed E-state index contributed by atoms with van der Waals surface area (Å²) in [4.78, 5) is 3.66. The van der Waals surface area contributed by atoms with Crippen LogP contribution in [-0.2, 0) is 6.54 Å². The van der Waals surface area contributed by atoms with Gasteiger partial charge in [0.2, 0.25) is 0 Å². The Morgan fingerprint density at radius 1 is 1.39 bits per heavy atom. The predicted octanol–water partition coefficient (Wildman–Crippen LogP) is 3.38. The summed E-state index contributed by atoms with van der Waals surface area (Å²) < 4.78 is 1.28. The Hall–Kier alpha value is -0.320. The molecule has 0 bridgehead atoms. The summed E-state index contributed by atoms with van der Waals surface area (Å²) >= 11 is 8.25. The van der Waals surface area contributed by atoms with Gasteiger partial charge >= 0.3 is 0 Å². The van der Waals surface area contributed by atoms with E-state index in [0.717, 1.165) is 24.7 Å². The third-order valence-electron chi connectivity index (χ3n) is 3.38. The summed E-state index contributed by atoms with van der Waals surface area (Å²) in [6.07, 6.45) is 0. The Labute approximate surface area is 122 Å². The fourth-order valence-corrected chi connectivity index (χ4v) is 3.66. The van der Waals surface area contributed by atoms with E-state index in [4.69, 9.17) is 11.6 Å². The average Bonchev–Trinajstić information content (AvgIpc) is 2.54. The molecule has 0 atom stereocenters. The van der Waals surface area contributed by atoms with Crippen LogP contribution in [0.1, 0.15) is 4.88 Å². The quantitative estimate of drug-likeness (QED) is 0.935. The Morgan fingerprint density at radius 2 is 2.11 bits per heavy atom. The van der Waals surface area contributed by atoms with E-state index in [1.165, 1.54) is 15.0 Å². The molecule has 2 heterocycles. The van der Waals surface area contributed by atoms with Crippen LogP contribution in [0.25, 0.3) is 10.1 Å². The molecule has 1 aliphatic rings. The van der Waals surface area contributed by atoms with E-state index in [1.807, 2.05) is 17.4 Å². The number of hydrogen-bond donors (Lipinski definition) is 1. The average molecular weight is 303 g/mol. The lowest BCUT2D eigenvalue weighted by Gasteiger charge is -2.35. The van der Waals surface area contributed by atoms with Crippen LogP contribution in [0.4, 0.5) is 0 Å². The van der Waals surface area contributed by atoms with Gasteiger partial charge in [-0.1, -0.05) is 29.8 Å². The molecule has 1 fully saturated rings. The lowest BCUT2D eigenvalue weighted by molar-refractivity contribution is 0.174. The molecule has 2 nitrogen and oxygen atoms in total. The van der Waals surface area contributed by atoms with Gasteiger partial charge in [-0.05, 0) is 13.1 Å². The zero-order valence-corrected chi connectivity index (χ0v) is 12.5. The highest BCUT2D eigenvalue weighted by Gasteiger charge is 2.22. The van der Waals surface area contributed by atoms with Gasteiger partial charge in [-0.15, -0.1) is 23.7 Å². The standard InChI is InChI=1S/C13H15ClN2S.ClH/c1-16(9-6-15-7-9)8-12-13(14)10-4-2-3-5-11(10)17-12;/h2-5,9,15H,6-8H2,1H3;1H. The number of thiophene rings is 1. The van der Waals surface area contributed by atoms with Crippen LogP contribution in [0.3, 0.4) is 0 Å². The fraction of sp³-hybridized carbons (Fsp3) is 0.385. The first-order valence-electron chi connectivity index (χ1n) is 5.82. The minimum atomic E-state index is 0. The molecular weight excluding hydrogens is 287 g/mol. The Balaban J connectivity index is 0.00000120. The second-order valence-corrected chi connectivity index (χ2v) is 6.08. The van der Waals surface area contributed by atoms with Crippen molar-refractivity contribution in [2.75, 3.05) is 20.1 Å². The summed E-state index contributed by atoms with van der Waals surface area (Å²) in [7, 11) is 2.17. The molecule has 1 N–H and O–H groups in total. The SMILES string of the molecule is CN(Cc1sc2ccccc2c1Cl)C1CNC1.Cl. The number of fused-ring (bicyclic) bond motifs is 1. The summed E-state index contributed by atoms with van der Waals surface area (Å²) in [6, 6.07) is 9.02. The second kappa shape index (κ2) is 5.76. The van der Waals surface area contributed by atoms with Crippen molar-refractivity contribution in [3.05, 3.63) is 34.2 Å². The molecule has 98 valence electrons. The van der Waals surface area contributed by atoms with E-state index in [-0.39, 0.29) is 12.4 Å². The van der Waals surface area contributed by atoms with E-state index in [1.54, 1.807) is 0 Å². The molecule has 0 radical (unpaired) electrons. The van der Waals surface area contributed by atoms with Crippen molar-refractivity contribution in [3.63, 3.8) is 0 Å². The first-order chi connectivity index (χ1) is 8.25. The van der Waals surface area contributed by atoms with Gasteiger partial charge in [-0.3, -0.25) is 4.90 Å². The van der Waals surface area contributed by atoms with Gasteiger partial charge in [0.15, 0.2) is 0 Å². The molecular formula is C13H16Cl2N2S. The smallest absolute Gasteiger partial charge is 0.0637 e. The molecule has 1 saturated heterocycles. The minimum Gasteiger partial charge on any atom is -0.314 e. The topological polar surface area (TPSA) is 15.3 Å². The van der Waals surface area contributed by atoms with Gasteiger partial charge in [0.1, 0.15) is 0 Å². The highest BCUT2D eigenvalue weighted by atomic mass is 35.5. The third-order valence-corrected chi connectivity index (χ3v) is 5.08. The number of halogens is 2. The van der Waals surface area contributed by atoms with Crippen LogP contribution in [-0.4, -0.2) is 31.1 Å². The van der Waals surface area contributed by atoms with E-state index in [9.17, 15) is 0 Å². The largest absolute Gasteiger partial charge is 0.314 e. The van der Waals surface area contributed by atoms with Crippen LogP contribution >= 0.6 is 35.3 Å². The Morgan fingerprint density at radius 3 is 2.72 bits per heavy atom. The molecule has 0 unspecified atom stereocenters. The van der Waals surface area contributed by atoms with E-state index >= 15 is 0 Å². The number of likely N-dealkylation sites (N-methyl/N-ethyl adjacent to an activating group) is 1. The molecule has 0 spiro atoms. The molecule has 0 saturated carbocycles. The van der Waals surface area contributed by atoms with Gasteiger partial charge in [0.25, 0.3) is 0 Å². The molecule has 1 aromatic carbocycles. The van der Waals surface area contributed by atoms with Crippen LogP contribution in [0, 0.1) is 0 Å². The molecule has 0 aliphatic carbocycles. The number of benzene rings is 1. The highest BCUT2D eigenvalue weighted by molar-refractivity contribution is 7.19. The minimum absolute atomic E-state index is 0. The molecule has 18 heavy (non-hydrogen) atoms. The van der Waals surface area contributed by atoms with Gasteiger partial charge in [0.05, 0.1) is 5.02 Å². The molecule has 3 rings (SSSR count). The second-order valence-electron chi connectivity index (χ2n) is 4.56. The summed E-state index contributed by atoms with van der Waals surface area (Å²) in [5.74, 6) is 0. The first-order valence-corrected chi connectivity index (χ1v) is 7.02. The van der Waals surface area contributed by atoms with E-state index < -0.39 is 0 Å². The van der Waals surface area contributed by atoms with Gasteiger partial charge < -0.3 is 5.32 Å². The molecule has 0 amide bonds. The van der Waals surface area contributed by atoms with Crippen LogP contribution in [0.15, 0.2) is 24.3 Å². The van der Waals surface area contributed by atoms with Crippen molar-refractivity contribution in [2.24, 2.45) is 0 Å². The van der Waals surface area contributed by atoms with Crippen LogP contribution in [0.2, 0.25) is 5.02 Å². The van der Waals surface area contributed by atoms with Crippen molar-refractivity contribution in [1.29, 1.82) is 0 Å². The van der Waals surface area contributed by atoms with Gasteiger partial charge in [0, 0.05) is 40.6 Å². The van der Waals surface area contributed by atoms with Gasteiger partial charge in [-0.2, -0.15) is 0 Å². The Kier molecular flexibility index (Phi) is 4.51. The number of hydrogen-bond acceptors (Lipinski definition) is 3. The van der Waals surface area contributed by atoms with Crippen molar-refractivity contribution in [2.45, 2.75) is 12.6 Å². The van der Waals surface area contributed by atoms with Crippen molar-refractivity contribution >= 4 is 45.4 Å². The molecule has 5 heteroatoms. The number of nitrogens with one attached hydrogen (secondary N) is 1. The summed E-state index contributed by atoms with van der Waals surface area (Å²) in [5.41, 5.74) is 0. The third kappa shape index (κ3) is 2.51. The van der Waals surface area contributed by atoms with Crippen LogP contribution in [0.5, 0.6) is 0 Å². The summed E-state index contributed by atoms with van der Waals surface area (Å²) in [6.45, 7) is 3.14. The number of rotatable bonds is 3. The van der Waals surface area contributed by atoms with Crippen molar-refractivity contribution in [1.82, 2.24) is 10.2 Å². The first kappa shape index (κ1) is 14.1. The zero-order chi connectivity index (χ0) is 11.8. The molecule has 1 aromatic heterocycles. The normalized spacial score (nSPS) is 15.7. The van der Waals surface area contributed by atoms with Crippen molar-refractivity contribution in [3.8, 4) is 0 Å².